The van der Waals surface area contributed by atoms with Gasteiger partial charge in [-0.2, -0.15) is 0 Å². The fraction of sp³-hybridized carbons (Fsp3) is 0.364. The van der Waals surface area contributed by atoms with Crippen LogP contribution in [-0.2, 0) is 0 Å². The molecule has 0 radical (unpaired) electrons. The van der Waals surface area contributed by atoms with E-state index in [0.717, 1.165) is 6.54 Å². The highest BCUT2D eigenvalue weighted by Gasteiger charge is 2.24. The first-order valence-electron chi connectivity index (χ1n) is 4.84. The molecule has 0 amide bonds. The van der Waals surface area contributed by atoms with Crippen molar-refractivity contribution in [3.05, 3.63) is 35.1 Å². The van der Waals surface area contributed by atoms with E-state index in [0.29, 0.717) is 6.04 Å². The molecule has 0 saturated carbocycles. The normalized spacial score (nSPS) is 29.5. The number of nitrogens with one attached hydrogen (secondary N) is 1. The molecule has 2 heteroatoms. The molecule has 0 fully saturated rings. The Bertz CT molecular complexity index is 358. The number of dihydropyridines is 1. The van der Waals surface area contributed by atoms with Crippen molar-refractivity contribution in [2.24, 2.45) is 4.99 Å². The summed E-state index contributed by atoms with van der Waals surface area (Å²) in [5.41, 5.74) is 4.09. The Morgan fingerprint density at radius 3 is 3.46 bits per heavy atom. The van der Waals surface area contributed by atoms with Gasteiger partial charge >= 0.3 is 0 Å². The lowest BCUT2D eigenvalue weighted by molar-refractivity contribution is 0.669. The van der Waals surface area contributed by atoms with Crippen LogP contribution in [0.15, 0.2) is 40.1 Å². The second-order valence-corrected chi connectivity index (χ2v) is 3.66. The van der Waals surface area contributed by atoms with E-state index in [4.69, 9.17) is 0 Å². The molecule has 0 spiro atoms. The average Bonchev–Trinajstić information content (AvgIpc) is 2.65. The lowest BCUT2D eigenvalue weighted by Gasteiger charge is -2.26. The van der Waals surface area contributed by atoms with Gasteiger partial charge < -0.3 is 5.32 Å². The van der Waals surface area contributed by atoms with Crippen LogP contribution < -0.4 is 5.32 Å². The van der Waals surface area contributed by atoms with E-state index in [9.17, 15) is 0 Å². The molecule has 0 aromatic heterocycles. The van der Waals surface area contributed by atoms with Crippen molar-refractivity contribution in [2.45, 2.75) is 18.9 Å². The number of hydrogen-bond donors (Lipinski definition) is 1. The van der Waals surface area contributed by atoms with Crippen molar-refractivity contribution in [3.8, 4) is 0 Å². The number of fused-ring (bicyclic) bond motifs is 2. The molecule has 13 heavy (non-hydrogen) atoms. The van der Waals surface area contributed by atoms with Gasteiger partial charge in [0.25, 0.3) is 0 Å². The topological polar surface area (TPSA) is 24.4 Å². The molecule has 0 saturated heterocycles. The van der Waals surface area contributed by atoms with Gasteiger partial charge in [0.15, 0.2) is 0 Å². The van der Waals surface area contributed by atoms with Crippen LogP contribution in [-0.4, -0.2) is 18.8 Å². The molecule has 0 aromatic carbocycles. The number of rotatable bonds is 0. The molecule has 3 rings (SSSR count). The zero-order chi connectivity index (χ0) is 8.67. The van der Waals surface area contributed by atoms with Crippen LogP contribution in [0.2, 0.25) is 0 Å². The molecule has 0 aromatic rings. The van der Waals surface area contributed by atoms with Crippen LogP contribution >= 0.6 is 0 Å². The predicted octanol–water partition coefficient (Wildman–Crippen LogP) is 1.57. The third-order valence-corrected chi connectivity index (χ3v) is 2.81. The maximum Gasteiger partial charge on any atom is 0.0953 e. The minimum absolute atomic E-state index is 0.296. The van der Waals surface area contributed by atoms with Crippen molar-refractivity contribution in [2.75, 3.05) is 6.54 Å². The summed E-state index contributed by atoms with van der Waals surface area (Å²) in [6, 6.07) is 0.296. The Hall–Kier alpha value is -1.31. The third kappa shape index (κ3) is 0.981. The van der Waals surface area contributed by atoms with Gasteiger partial charge in [0, 0.05) is 24.0 Å². The minimum Gasteiger partial charge on any atom is -0.384 e. The van der Waals surface area contributed by atoms with E-state index >= 15 is 0 Å². The molecule has 1 atom stereocenters. The van der Waals surface area contributed by atoms with E-state index in [-0.39, 0.29) is 0 Å². The molecular weight excluding hydrogens is 160 g/mol. The summed E-state index contributed by atoms with van der Waals surface area (Å²) in [5.74, 6) is 0. The average molecular weight is 172 g/mol. The van der Waals surface area contributed by atoms with Crippen LogP contribution in [0, 0.1) is 0 Å². The fourth-order valence-corrected chi connectivity index (χ4v) is 2.15. The summed E-state index contributed by atoms with van der Waals surface area (Å²) in [6.07, 6.45) is 10.9. The SMILES string of the molecule is C1=CC2N=CC3=C(NCCC3)C2=C1. The first kappa shape index (κ1) is 7.13. The Balaban J connectivity index is 2.07. The zero-order valence-electron chi connectivity index (χ0n) is 7.46. The summed E-state index contributed by atoms with van der Waals surface area (Å²) in [5, 5.41) is 3.47. The van der Waals surface area contributed by atoms with Gasteiger partial charge in [-0.05, 0) is 18.4 Å². The van der Waals surface area contributed by atoms with Gasteiger partial charge in [-0.15, -0.1) is 0 Å². The van der Waals surface area contributed by atoms with Gasteiger partial charge in [-0.3, -0.25) is 4.99 Å². The van der Waals surface area contributed by atoms with Gasteiger partial charge in [-0.1, -0.05) is 18.2 Å². The van der Waals surface area contributed by atoms with Crippen LogP contribution in [0.3, 0.4) is 0 Å². The Labute approximate surface area is 77.7 Å². The number of aliphatic imine (C=N–C) groups is 1. The lowest BCUT2D eigenvalue weighted by atomic mass is 9.94. The molecule has 1 N–H and O–H groups in total. The molecule has 2 heterocycles. The van der Waals surface area contributed by atoms with Crippen LogP contribution in [0.25, 0.3) is 0 Å². The minimum atomic E-state index is 0.296. The molecule has 1 unspecified atom stereocenters. The molecule has 3 aliphatic rings. The molecule has 66 valence electrons. The summed E-state index contributed by atoms with van der Waals surface area (Å²) in [4.78, 5) is 4.50. The van der Waals surface area contributed by atoms with Crippen molar-refractivity contribution < 1.29 is 0 Å². The lowest BCUT2D eigenvalue weighted by Crippen LogP contribution is -2.28. The van der Waals surface area contributed by atoms with Crippen LogP contribution in [0.1, 0.15) is 12.8 Å². The highest BCUT2D eigenvalue weighted by Crippen LogP contribution is 2.30. The standard InChI is InChI=1S/C11H12N2/c1-4-9-10(5-1)13-7-8-3-2-6-12-11(8)9/h1,4-5,7,10,12H,2-3,6H2. The zero-order valence-corrected chi connectivity index (χ0v) is 7.46. The molecule has 2 nitrogen and oxygen atoms in total. The molecule has 1 aliphatic carbocycles. The quantitative estimate of drug-likeness (QED) is 0.589. The summed E-state index contributed by atoms with van der Waals surface area (Å²) in [6.45, 7) is 1.11. The van der Waals surface area contributed by atoms with E-state index < -0.39 is 0 Å². The van der Waals surface area contributed by atoms with E-state index in [2.05, 4.69) is 28.5 Å². The summed E-state index contributed by atoms with van der Waals surface area (Å²) in [7, 11) is 0. The Kier molecular flexibility index (Phi) is 1.42. The number of hydrogen-bond acceptors (Lipinski definition) is 2. The smallest absolute Gasteiger partial charge is 0.0953 e. The predicted molar refractivity (Wildman–Crippen MR) is 53.8 cm³/mol. The van der Waals surface area contributed by atoms with Crippen LogP contribution in [0.4, 0.5) is 0 Å². The Morgan fingerprint density at radius 2 is 2.46 bits per heavy atom. The Morgan fingerprint density at radius 1 is 1.46 bits per heavy atom. The van der Waals surface area contributed by atoms with E-state index in [1.54, 1.807) is 0 Å². The van der Waals surface area contributed by atoms with Crippen molar-refractivity contribution in [3.63, 3.8) is 0 Å². The number of allylic oxidation sites excluding steroid dienone is 3. The fourth-order valence-electron chi connectivity index (χ4n) is 2.15. The highest BCUT2D eigenvalue weighted by molar-refractivity contribution is 5.84. The largest absolute Gasteiger partial charge is 0.384 e. The van der Waals surface area contributed by atoms with Gasteiger partial charge in [0.2, 0.25) is 0 Å². The second kappa shape index (κ2) is 2.59. The maximum atomic E-state index is 4.50. The monoisotopic (exact) mass is 172 g/mol. The maximum absolute atomic E-state index is 4.50. The van der Waals surface area contributed by atoms with Gasteiger partial charge in [0.1, 0.15) is 0 Å². The molecular formula is C11H12N2. The van der Waals surface area contributed by atoms with E-state index in [1.165, 1.54) is 29.7 Å². The van der Waals surface area contributed by atoms with Gasteiger partial charge in [-0.25, -0.2) is 0 Å². The van der Waals surface area contributed by atoms with Gasteiger partial charge in [0.05, 0.1) is 6.04 Å². The van der Waals surface area contributed by atoms with Crippen molar-refractivity contribution in [1.29, 1.82) is 0 Å². The first-order chi connectivity index (χ1) is 6.45. The number of nitrogens with zero attached hydrogens (tertiary/aromatic N) is 1. The van der Waals surface area contributed by atoms with Crippen molar-refractivity contribution in [1.82, 2.24) is 5.32 Å². The third-order valence-electron chi connectivity index (χ3n) is 2.81. The second-order valence-electron chi connectivity index (χ2n) is 3.66. The highest BCUT2D eigenvalue weighted by atomic mass is 14.9. The molecule has 2 aliphatic heterocycles. The van der Waals surface area contributed by atoms with Crippen molar-refractivity contribution >= 4 is 6.21 Å². The van der Waals surface area contributed by atoms with E-state index in [1.807, 2.05) is 6.21 Å². The van der Waals surface area contributed by atoms with Crippen LogP contribution in [0.5, 0.6) is 0 Å². The first-order valence-corrected chi connectivity index (χ1v) is 4.84. The molecule has 0 bridgehead atoms. The summed E-state index contributed by atoms with van der Waals surface area (Å²) < 4.78 is 0. The summed E-state index contributed by atoms with van der Waals surface area (Å²) >= 11 is 0.